The Balaban J connectivity index is 1.39. The molecule has 3 aromatic rings. The van der Waals surface area contributed by atoms with Crippen LogP contribution in [0.1, 0.15) is 35.6 Å². The van der Waals surface area contributed by atoms with E-state index in [2.05, 4.69) is 87.6 Å². The van der Waals surface area contributed by atoms with E-state index < -0.39 is 0 Å². The summed E-state index contributed by atoms with van der Waals surface area (Å²) in [5, 5.41) is 0. The van der Waals surface area contributed by atoms with Crippen LogP contribution in [0.15, 0.2) is 83.3 Å². The van der Waals surface area contributed by atoms with Crippen molar-refractivity contribution in [3.05, 3.63) is 100 Å². The predicted molar refractivity (Wildman–Crippen MR) is 130 cm³/mol. The summed E-state index contributed by atoms with van der Waals surface area (Å²) in [6, 6.07) is 27.9. The van der Waals surface area contributed by atoms with Crippen LogP contribution in [0.25, 0.3) is 0 Å². The van der Waals surface area contributed by atoms with Gasteiger partial charge in [-0.25, -0.2) is 0 Å². The van der Waals surface area contributed by atoms with E-state index in [1.807, 2.05) is 12.1 Å². The lowest BCUT2D eigenvalue weighted by Crippen LogP contribution is -2.35. The van der Waals surface area contributed by atoms with E-state index in [0.717, 1.165) is 36.3 Å². The molecule has 1 heterocycles. The summed E-state index contributed by atoms with van der Waals surface area (Å²) in [6.07, 6.45) is 3.45. The first-order valence-corrected chi connectivity index (χ1v) is 11.8. The first kappa shape index (κ1) is 22.1. The summed E-state index contributed by atoms with van der Waals surface area (Å²) in [4.78, 5) is 2.59. The summed E-state index contributed by atoms with van der Waals surface area (Å²) < 4.78 is 12.9. The average molecular weight is 480 g/mol. The van der Waals surface area contributed by atoms with Crippen LogP contribution in [0, 0.1) is 0 Å². The number of likely N-dealkylation sites (tertiary alicyclic amines) is 1. The van der Waals surface area contributed by atoms with Crippen molar-refractivity contribution in [1.29, 1.82) is 0 Å². The van der Waals surface area contributed by atoms with Gasteiger partial charge in [0.15, 0.2) is 0 Å². The van der Waals surface area contributed by atoms with Crippen molar-refractivity contribution < 1.29 is 9.47 Å². The molecule has 0 saturated carbocycles. The quantitative estimate of drug-likeness (QED) is 0.360. The molecule has 2 atom stereocenters. The third kappa shape index (κ3) is 5.97. The Morgan fingerprint density at radius 2 is 1.65 bits per heavy atom. The van der Waals surface area contributed by atoms with E-state index in [0.29, 0.717) is 6.04 Å². The average Bonchev–Trinajstić information content (AvgIpc) is 3.27. The standard InChI is InChI=1S/C27H30BrNO2/c1-30-26-15-9-21(10-16-26)17-19-29-18-5-8-25(29)20-31-27(22-6-3-2-4-7-22)23-11-13-24(28)14-12-23/h2-4,6-7,9-16,25,27H,5,8,17-20H2,1H3. The number of hydrogen-bond acceptors (Lipinski definition) is 3. The number of rotatable bonds is 9. The molecule has 1 fully saturated rings. The van der Waals surface area contributed by atoms with Gasteiger partial charge in [-0.1, -0.05) is 70.5 Å². The third-order valence-electron chi connectivity index (χ3n) is 6.08. The van der Waals surface area contributed by atoms with Gasteiger partial charge in [0.2, 0.25) is 0 Å². The zero-order valence-electron chi connectivity index (χ0n) is 18.0. The van der Waals surface area contributed by atoms with Crippen LogP contribution < -0.4 is 4.74 Å². The molecule has 0 aromatic heterocycles. The SMILES string of the molecule is COc1ccc(CCN2CCCC2COC(c2ccccc2)c2ccc(Br)cc2)cc1. The van der Waals surface area contributed by atoms with Gasteiger partial charge < -0.3 is 9.47 Å². The van der Waals surface area contributed by atoms with Gasteiger partial charge in [0.05, 0.1) is 13.7 Å². The molecule has 1 aliphatic heterocycles. The molecule has 162 valence electrons. The van der Waals surface area contributed by atoms with Crippen LogP contribution in [0.3, 0.4) is 0 Å². The highest BCUT2D eigenvalue weighted by atomic mass is 79.9. The summed E-state index contributed by atoms with van der Waals surface area (Å²) >= 11 is 3.54. The van der Waals surface area contributed by atoms with Crippen molar-refractivity contribution in [3.8, 4) is 5.75 Å². The maximum absolute atomic E-state index is 6.58. The zero-order chi connectivity index (χ0) is 21.5. The van der Waals surface area contributed by atoms with Crippen molar-refractivity contribution in [2.24, 2.45) is 0 Å². The number of halogens is 1. The number of benzene rings is 3. The van der Waals surface area contributed by atoms with E-state index in [9.17, 15) is 0 Å². The molecular formula is C27H30BrNO2. The molecule has 0 aliphatic carbocycles. The molecule has 0 spiro atoms. The monoisotopic (exact) mass is 479 g/mol. The largest absolute Gasteiger partial charge is 0.497 e. The molecule has 0 amide bonds. The second-order valence-electron chi connectivity index (χ2n) is 8.11. The van der Waals surface area contributed by atoms with Gasteiger partial charge in [-0.3, -0.25) is 4.90 Å². The Kier molecular flexibility index (Phi) is 7.79. The molecule has 1 aliphatic rings. The van der Waals surface area contributed by atoms with Gasteiger partial charge in [0, 0.05) is 17.1 Å². The third-order valence-corrected chi connectivity index (χ3v) is 6.60. The highest BCUT2D eigenvalue weighted by molar-refractivity contribution is 9.10. The van der Waals surface area contributed by atoms with E-state index >= 15 is 0 Å². The molecule has 0 radical (unpaired) electrons. The highest BCUT2D eigenvalue weighted by Gasteiger charge is 2.26. The van der Waals surface area contributed by atoms with Crippen molar-refractivity contribution >= 4 is 15.9 Å². The van der Waals surface area contributed by atoms with Crippen LogP contribution in [0.2, 0.25) is 0 Å². The van der Waals surface area contributed by atoms with Crippen LogP contribution in [-0.2, 0) is 11.2 Å². The summed E-state index contributed by atoms with van der Waals surface area (Å²) in [7, 11) is 1.71. The Morgan fingerprint density at radius 3 is 2.35 bits per heavy atom. The first-order chi connectivity index (χ1) is 15.2. The Bertz CT molecular complexity index is 928. The molecule has 0 N–H and O–H groups in total. The number of ether oxygens (including phenoxy) is 2. The zero-order valence-corrected chi connectivity index (χ0v) is 19.6. The second-order valence-corrected chi connectivity index (χ2v) is 9.02. The fourth-order valence-corrected chi connectivity index (χ4v) is 4.57. The van der Waals surface area contributed by atoms with Gasteiger partial charge in [0.25, 0.3) is 0 Å². The van der Waals surface area contributed by atoms with Crippen LogP contribution >= 0.6 is 15.9 Å². The van der Waals surface area contributed by atoms with Crippen molar-refractivity contribution in [2.45, 2.75) is 31.4 Å². The fraction of sp³-hybridized carbons (Fsp3) is 0.333. The summed E-state index contributed by atoms with van der Waals surface area (Å²) in [6.45, 7) is 2.96. The van der Waals surface area contributed by atoms with Gasteiger partial charge in [-0.05, 0) is 66.8 Å². The summed E-state index contributed by atoms with van der Waals surface area (Å²) in [5.74, 6) is 0.913. The maximum atomic E-state index is 6.58. The molecule has 3 nitrogen and oxygen atoms in total. The number of methoxy groups -OCH3 is 1. The van der Waals surface area contributed by atoms with E-state index in [-0.39, 0.29) is 6.10 Å². The minimum atomic E-state index is -0.0432. The molecule has 1 saturated heterocycles. The Hall–Kier alpha value is -2.14. The summed E-state index contributed by atoms with van der Waals surface area (Å²) in [5.41, 5.74) is 3.74. The van der Waals surface area contributed by atoms with Crippen LogP contribution in [0.4, 0.5) is 0 Å². The molecule has 0 bridgehead atoms. The van der Waals surface area contributed by atoms with Gasteiger partial charge in [-0.2, -0.15) is 0 Å². The minimum absolute atomic E-state index is 0.0432. The van der Waals surface area contributed by atoms with E-state index in [1.54, 1.807) is 7.11 Å². The molecule has 2 unspecified atom stereocenters. The van der Waals surface area contributed by atoms with Crippen molar-refractivity contribution in [3.63, 3.8) is 0 Å². The molecule has 3 aromatic carbocycles. The second kappa shape index (κ2) is 10.9. The predicted octanol–water partition coefficient (Wildman–Crippen LogP) is 6.27. The van der Waals surface area contributed by atoms with E-state index in [4.69, 9.17) is 9.47 Å². The number of nitrogens with zero attached hydrogens (tertiary/aromatic N) is 1. The fourth-order valence-electron chi connectivity index (χ4n) is 4.30. The minimum Gasteiger partial charge on any atom is -0.497 e. The lowest BCUT2D eigenvalue weighted by atomic mass is 10.0. The first-order valence-electron chi connectivity index (χ1n) is 11.0. The normalized spacial score (nSPS) is 17.5. The smallest absolute Gasteiger partial charge is 0.118 e. The molecule has 4 heteroatoms. The van der Waals surface area contributed by atoms with Crippen LogP contribution in [0.5, 0.6) is 5.75 Å². The van der Waals surface area contributed by atoms with E-state index in [1.165, 1.54) is 29.5 Å². The van der Waals surface area contributed by atoms with Crippen molar-refractivity contribution in [1.82, 2.24) is 4.90 Å². The van der Waals surface area contributed by atoms with Gasteiger partial charge in [-0.15, -0.1) is 0 Å². The van der Waals surface area contributed by atoms with Gasteiger partial charge in [0.1, 0.15) is 11.9 Å². The Labute approximate surface area is 194 Å². The molecule has 4 rings (SSSR count). The lowest BCUT2D eigenvalue weighted by Gasteiger charge is -2.27. The Morgan fingerprint density at radius 1 is 0.935 bits per heavy atom. The van der Waals surface area contributed by atoms with Crippen LogP contribution in [-0.4, -0.2) is 37.7 Å². The molecular weight excluding hydrogens is 450 g/mol. The topological polar surface area (TPSA) is 21.7 Å². The number of hydrogen-bond donors (Lipinski definition) is 0. The molecule has 31 heavy (non-hydrogen) atoms. The van der Waals surface area contributed by atoms with Crippen molar-refractivity contribution in [2.75, 3.05) is 26.8 Å². The maximum Gasteiger partial charge on any atom is 0.118 e. The van der Waals surface area contributed by atoms with Gasteiger partial charge >= 0.3 is 0 Å². The lowest BCUT2D eigenvalue weighted by molar-refractivity contribution is 0.0381. The highest BCUT2D eigenvalue weighted by Crippen LogP contribution is 2.29.